The van der Waals surface area contributed by atoms with Crippen LogP contribution in [0.25, 0.3) is 10.2 Å². The van der Waals surface area contributed by atoms with E-state index in [-0.39, 0.29) is 18.4 Å². The first kappa shape index (κ1) is 14.7. The summed E-state index contributed by atoms with van der Waals surface area (Å²) < 4.78 is 2.94. The van der Waals surface area contributed by atoms with Gasteiger partial charge in [0.1, 0.15) is 0 Å². The number of carbonyl (C=O) groups is 2. The van der Waals surface area contributed by atoms with E-state index < -0.39 is 0 Å². The molecular weight excluding hydrogens is 318 g/mol. The van der Waals surface area contributed by atoms with E-state index in [2.05, 4.69) is 10.3 Å². The first-order chi connectivity index (χ1) is 10.6. The fourth-order valence-corrected chi connectivity index (χ4v) is 3.66. The van der Waals surface area contributed by atoms with E-state index in [9.17, 15) is 9.59 Å². The first-order valence-corrected chi connectivity index (χ1v) is 8.28. The van der Waals surface area contributed by atoms with Crippen molar-refractivity contribution in [3.8, 4) is 0 Å². The second-order valence-electron chi connectivity index (χ2n) is 4.58. The molecule has 0 unspecified atom stereocenters. The van der Waals surface area contributed by atoms with Crippen molar-refractivity contribution < 1.29 is 9.59 Å². The minimum atomic E-state index is -0.368. The van der Waals surface area contributed by atoms with E-state index in [1.807, 2.05) is 41.3 Å². The van der Waals surface area contributed by atoms with Gasteiger partial charge in [0, 0.05) is 7.05 Å². The monoisotopic (exact) mass is 331 g/mol. The quantitative estimate of drug-likeness (QED) is 0.799. The summed E-state index contributed by atoms with van der Waals surface area (Å²) in [5.74, 6) is -0.619. The fourth-order valence-electron chi connectivity index (χ4n) is 1.99. The molecule has 0 aliphatic rings. The molecule has 3 aromatic rings. The summed E-state index contributed by atoms with van der Waals surface area (Å²) >= 11 is 2.79. The molecule has 0 aliphatic carbocycles. The highest BCUT2D eigenvalue weighted by Crippen LogP contribution is 2.15. The van der Waals surface area contributed by atoms with Crippen molar-refractivity contribution in [2.75, 3.05) is 6.54 Å². The van der Waals surface area contributed by atoms with Crippen molar-refractivity contribution in [3.05, 3.63) is 51.5 Å². The number of fused-ring (bicyclic) bond motifs is 1. The van der Waals surface area contributed by atoms with Crippen LogP contribution in [0.5, 0.6) is 0 Å². The van der Waals surface area contributed by atoms with Gasteiger partial charge in [-0.2, -0.15) is 4.99 Å². The van der Waals surface area contributed by atoms with Crippen molar-refractivity contribution >= 4 is 44.7 Å². The summed E-state index contributed by atoms with van der Waals surface area (Å²) in [5.41, 5.74) is 1.03. The van der Waals surface area contributed by atoms with Gasteiger partial charge < -0.3 is 9.88 Å². The number of carbonyl (C=O) groups excluding carboxylic acids is 2. The van der Waals surface area contributed by atoms with Gasteiger partial charge in [0.25, 0.3) is 11.8 Å². The molecular formula is C15H13N3O2S2. The third-order valence-corrected chi connectivity index (χ3v) is 5.06. The predicted molar refractivity (Wildman–Crippen MR) is 88.0 cm³/mol. The highest BCUT2D eigenvalue weighted by Gasteiger charge is 2.09. The summed E-state index contributed by atoms with van der Waals surface area (Å²) in [6.07, 6.45) is 0. The molecule has 5 nitrogen and oxygen atoms in total. The molecule has 2 aromatic heterocycles. The SMILES string of the molecule is Cn1c(=NC(=O)CNC(=O)c2cccs2)sc2ccccc21. The number of thiazole rings is 1. The molecule has 0 saturated heterocycles. The molecule has 2 heterocycles. The zero-order valence-electron chi connectivity index (χ0n) is 11.8. The summed E-state index contributed by atoms with van der Waals surface area (Å²) in [4.78, 5) is 29.0. The zero-order valence-corrected chi connectivity index (χ0v) is 13.4. The van der Waals surface area contributed by atoms with Crippen LogP contribution in [0.4, 0.5) is 0 Å². The number of nitrogens with zero attached hydrogens (tertiary/aromatic N) is 2. The number of amides is 2. The van der Waals surface area contributed by atoms with Gasteiger partial charge in [0.05, 0.1) is 21.6 Å². The summed E-state index contributed by atoms with van der Waals surface area (Å²) in [6, 6.07) is 11.4. The number of thiophene rings is 1. The molecule has 1 N–H and O–H groups in total. The van der Waals surface area contributed by atoms with Crippen LogP contribution in [0.1, 0.15) is 9.67 Å². The number of rotatable bonds is 3. The van der Waals surface area contributed by atoms with E-state index in [0.717, 1.165) is 10.2 Å². The fraction of sp³-hybridized carbons (Fsp3) is 0.133. The van der Waals surface area contributed by atoms with Gasteiger partial charge in [-0.3, -0.25) is 9.59 Å². The van der Waals surface area contributed by atoms with Crippen LogP contribution in [0.2, 0.25) is 0 Å². The highest BCUT2D eigenvalue weighted by molar-refractivity contribution is 7.16. The Bertz CT molecular complexity index is 891. The minimum absolute atomic E-state index is 0.106. The van der Waals surface area contributed by atoms with Crippen molar-refractivity contribution in [1.29, 1.82) is 0 Å². The van der Waals surface area contributed by atoms with Crippen molar-refractivity contribution in [1.82, 2.24) is 9.88 Å². The molecule has 1 aromatic carbocycles. The molecule has 0 radical (unpaired) electrons. The average molecular weight is 331 g/mol. The molecule has 3 rings (SSSR count). The molecule has 22 heavy (non-hydrogen) atoms. The lowest BCUT2D eigenvalue weighted by Gasteiger charge is -1.99. The maximum Gasteiger partial charge on any atom is 0.267 e. The zero-order chi connectivity index (χ0) is 15.5. The molecule has 112 valence electrons. The van der Waals surface area contributed by atoms with Crippen molar-refractivity contribution in [2.45, 2.75) is 0 Å². The number of para-hydroxylation sites is 1. The molecule has 0 spiro atoms. The van der Waals surface area contributed by atoms with Crippen LogP contribution in [0.15, 0.2) is 46.8 Å². The predicted octanol–water partition coefficient (Wildman–Crippen LogP) is 2.16. The molecule has 7 heteroatoms. The Morgan fingerprint density at radius 1 is 1.23 bits per heavy atom. The van der Waals surface area contributed by atoms with Gasteiger partial charge in [-0.15, -0.1) is 11.3 Å². The lowest BCUT2D eigenvalue weighted by atomic mass is 10.3. The molecule has 2 amide bonds. The van der Waals surface area contributed by atoms with Crippen LogP contribution in [0, 0.1) is 0 Å². The average Bonchev–Trinajstić information content (AvgIpc) is 3.15. The van der Waals surface area contributed by atoms with Gasteiger partial charge in [-0.05, 0) is 23.6 Å². The second-order valence-corrected chi connectivity index (χ2v) is 6.53. The molecule has 0 aliphatic heterocycles. The van der Waals surface area contributed by atoms with Crippen molar-refractivity contribution in [2.24, 2.45) is 12.0 Å². The normalized spacial score (nSPS) is 11.8. The van der Waals surface area contributed by atoms with Gasteiger partial charge in [-0.1, -0.05) is 29.5 Å². The maximum atomic E-state index is 11.9. The van der Waals surface area contributed by atoms with Crippen LogP contribution in [-0.4, -0.2) is 22.9 Å². The number of nitrogens with one attached hydrogen (secondary N) is 1. The minimum Gasteiger partial charge on any atom is -0.342 e. The number of benzene rings is 1. The Balaban J connectivity index is 1.75. The van der Waals surface area contributed by atoms with Gasteiger partial charge in [0.15, 0.2) is 4.80 Å². The standard InChI is InChI=1S/C15H13N3O2S2/c1-18-10-5-2-3-6-11(10)22-15(18)17-13(19)9-16-14(20)12-7-4-8-21-12/h2-8H,9H2,1H3,(H,16,20). The maximum absolute atomic E-state index is 11.9. The second kappa shape index (κ2) is 6.25. The van der Waals surface area contributed by atoms with E-state index in [4.69, 9.17) is 0 Å². The number of aryl methyl sites for hydroxylation is 1. The van der Waals surface area contributed by atoms with E-state index in [1.54, 1.807) is 12.1 Å². The number of hydrogen-bond donors (Lipinski definition) is 1. The number of aromatic nitrogens is 1. The Kier molecular flexibility index (Phi) is 4.17. The van der Waals surface area contributed by atoms with Crippen LogP contribution in [0.3, 0.4) is 0 Å². The Morgan fingerprint density at radius 2 is 2.05 bits per heavy atom. The van der Waals surface area contributed by atoms with Crippen LogP contribution >= 0.6 is 22.7 Å². The molecule has 0 bridgehead atoms. The van der Waals surface area contributed by atoms with Gasteiger partial charge in [0.2, 0.25) is 0 Å². The number of hydrogen-bond acceptors (Lipinski definition) is 4. The summed E-state index contributed by atoms with van der Waals surface area (Å²) in [5, 5.41) is 4.40. The lowest BCUT2D eigenvalue weighted by Crippen LogP contribution is -2.29. The largest absolute Gasteiger partial charge is 0.342 e. The molecule has 0 atom stereocenters. The summed E-state index contributed by atoms with van der Waals surface area (Å²) in [7, 11) is 1.87. The van der Waals surface area contributed by atoms with E-state index >= 15 is 0 Å². The molecule has 0 saturated carbocycles. The Morgan fingerprint density at radius 3 is 2.77 bits per heavy atom. The van der Waals surface area contributed by atoms with E-state index in [0.29, 0.717) is 9.68 Å². The van der Waals surface area contributed by atoms with Crippen LogP contribution < -0.4 is 10.1 Å². The lowest BCUT2D eigenvalue weighted by molar-refractivity contribution is -0.117. The smallest absolute Gasteiger partial charge is 0.267 e. The highest BCUT2D eigenvalue weighted by atomic mass is 32.1. The van der Waals surface area contributed by atoms with E-state index in [1.165, 1.54) is 22.7 Å². The first-order valence-electron chi connectivity index (χ1n) is 6.59. The Labute approximate surface area is 134 Å². The topological polar surface area (TPSA) is 63.5 Å². The molecule has 0 fully saturated rings. The van der Waals surface area contributed by atoms with Crippen LogP contribution in [-0.2, 0) is 11.8 Å². The van der Waals surface area contributed by atoms with Gasteiger partial charge in [-0.25, -0.2) is 0 Å². The summed E-state index contributed by atoms with van der Waals surface area (Å²) in [6.45, 7) is -0.106. The van der Waals surface area contributed by atoms with Crippen molar-refractivity contribution in [3.63, 3.8) is 0 Å². The Hall–Kier alpha value is -2.25. The van der Waals surface area contributed by atoms with Gasteiger partial charge >= 0.3 is 0 Å². The third kappa shape index (κ3) is 3.00. The third-order valence-electron chi connectivity index (χ3n) is 3.08.